The number of hydrogen-bond acceptors (Lipinski definition) is 5. The van der Waals surface area contributed by atoms with Crippen LogP contribution in [-0.4, -0.2) is 22.6 Å². The van der Waals surface area contributed by atoms with Gasteiger partial charge in [-0.05, 0) is 37.3 Å². The molecule has 1 aromatic carbocycles. The highest BCUT2D eigenvalue weighted by Crippen LogP contribution is 2.34. The number of methoxy groups -OCH3 is 1. The van der Waals surface area contributed by atoms with Crippen molar-refractivity contribution in [1.82, 2.24) is 9.55 Å². The number of hydrogen-bond donors (Lipinski definition) is 1. The molecule has 28 heavy (non-hydrogen) atoms. The van der Waals surface area contributed by atoms with Gasteiger partial charge in [0.15, 0.2) is 0 Å². The smallest absolute Gasteiger partial charge is 0.262 e. The van der Waals surface area contributed by atoms with E-state index in [2.05, 4.69) is 0 Å². The third-order valence-electron chi connectivity index (χ3n) is 5.28. The van der Waals surface area contributed by atoms with E-state index in [1.807, 2.05) is 24.3 Å². The molecule has 0 aliphatic heterocycles. The summed E-state index contributed by atoms with van der Waals surface area (Å²) in [6, 6.07) is 7.70. The first-order chi connectivity index (χ1) is 13.6. The molecule has 0 radical (unpaired) electrons. The lowest BCUT2D eigenvalue weighted by molar-refractivity contribution is -0.118. The number of benzene rings is 1. The summed E-state index contributed by atoms with van der Waals surface area (Å²) >= 11 is 1.63. The number of aromatic nitrogens is 2. The molecule has 6 nitrogen and oxygen atoms in total. The molecule has 146 valence electrons. The van der Waals surface area contributed by atoms with E-state index in [0.29, 0.717) is 12.2 Å². The van der Waals surface area contributed by atoms with E-state index in [4.69, 9.17) is 15.5 Å². The molecule has 4 rings (SSSR count). The highest BCUT2D eigenvalue weighted by molar-refractivity contribution is 7.18. The van der Waals surface area contributed by atoms with Crippen LogP contribution in [0, 0.1) is 0 Å². The molecule has 0 unspecified atom stereocenters. The average molecular weight is 398 g/mol. The number of thiophene rings is 1. The first-order valence-corrected chi connectivity index (χ1v) is 10.3. The number of carbonyl (C=O) groups excluding carboxylic acids is 1. The molecule has 3 aromatic rings. The molecule has 2 N–H and O–H groups in total. The van der Waals surface area contributed by atoms with Gasteiger partial charge in [0.2, 0.25) is 5.91 Å². The SMILES string of the molecule is COc1ccccc1Cc1nc2sc3c(c2c(=O)n1CCC(N)=O)CCCC3. The minimum atomic E-state index is -0.428. The van der Waals surface area contributed by atoms with Gasteiger partial charge in [-0.3, -0.25) is 14.2 Å². The lowest BCUT2D eigenvalue weighted by atomic mass is 9.97. The van der Waals surface area contributed by atoms with Crippen LogP contribution in [0.4, 0.5) is 0 Å². The van der Waals surface area contributed by atoms with Gasteiger partial charge in [0.05, 0.1) is 12.5 Å². The van der Waals surface area contributed by atoms with Gasteiger partial charge in [0.25, 0.3) is 5.56 Å². The molecule has 0 atom stereocenters. The van der Waals surface area contributed by atoms with Gasteiger partial charge in [-0.15, -0.1) is 11.3 Å². The molecule has 1 aliphatic carbocycles. The maximum atomic E-state index is 13.4. The number of rotatable bonds is 6. The highest BCUT2D eigenvalue weighted by Gasteiger charge is 2.22. The lowest BCUT2D eigenvalue weighted by Gasteiger charge is -2.14. The second-order valence-electron chi connectivity index (χ2n) is 7.08. The number of ether oxygens (including phenoxy) is 1. The number of carbonyl (C=O) groups is 1. The largest absolute Gasteiger partial charge is 0.496 e. The molecule has 0 saturated heterocycles. The Balaban J connectivity index is 1.87. The van der Waals surface area contributed by atoms with Crippen molar-refractivity contribution in [2.24, 2.45) is 5.73 Å². The Bertz CT molecular complexity index is 1100. The van der Waals surface area contributed by atoms with E-state index in [0.717, 1.165) is 52.8 Å². The summed E-state index contributed by atoms with van der Waals surface area (Å²) in [7, 11) is 1.63. The summed E-state index contributed by atoms with van der Waals surface area (Å²) in [5.41, 5.74) is 7.39. The normalized spacial score (nSPS) is 13.5. The second-order valence-corrected chi connectivity index (χ2v) is 8.16. The van der Waals surface area contributed by atoms with Gasteiger partial charge in [-0.1, -0.05) is 18.2 Å². The zero-order valence-electron chi connectivity index (χ0n) is 15.9. The van der Waals surface area contributed by atoms with Crippen LogP contribution in [0.15, 0.2) is 29.1 Å². The maximum absolute atomic E-state index is 13.4. The summed E-state index contributed by atoms with van der Waals surface area (Å²) < 4.78 is 7.08. The lowest BCUT2D eigenvalue weighted by Crippen LogP contribution is -2.28. The standard InChI is InChI=1S/C21H23N3O3S/c1-27-15-8-4-2-6-13(15)12-18-23-20-19(14-7-3-5-9-16(14)28-20)21(26)24(18)11-10-17(22)25/h2,4,6,8H,3,5,7,9-12H2,1H3,(H2,22,25). The van der Waals surface area contributed by atoms with Crippen molar-refractivity contribution in [1.29, 1.82) is 0 Å². The van der Waals surface area contributed by atoms with Crippen LogP contribution >= 0.6 is 11.3 Å². The molecule has 7 heteroatoms. The van der Waals surface area contributed by atoms with E-state index in [9.17, 15) is 9.59 Å². The minimum absolute atomic E-state index is 0.0597. The summed E-state index contributed by atoms with van der Waals surface area (Å²) in [5.74, 6) is 0.966. The van der Waals surface area contributed by atoms with Crippen LogP contribution in [0.2, 0.25) is 0 Å². The quantitative estimate of drug-likeness (QED) is 0.693. The molecule has 0 saturated carbocycles. The van der Waals surface area contributed by atoms with Crippen molar-refractivity contribution >= 4 is 27.5 Å². The first-order valence-electron chi connectivity index (χ1n) is 9.52. The van der Waals surface area contributed by atoms with E-state index in [-0.39, 0.29) is 18.5 Å². The fourth-order valence-corrected chi connectivity index (χ4v) is 5.16. The van der Waals surface area contributed by atoms with Gasteiger partial charge in [-0.2, -0.15) is 0 Å². The van der Waals surface area contributed by atoms with Crippen LogP contribution < -0.4 is 16.0 Å². The van der Waals surface area contributed by atoms with Crippen molar-refractivity contribution in [2.75, 3.05) is 7.11 Å². The fraction of sp³-hybridized carbons (Fsp3) is 0.381. The average Bonchev–Trinajstić information content (AvgIpc) is 3.06. The van der Waals surface area contributed by atoms with E-state index in [1.54, 1.807) is 23.0 Å². The van der Waals surface area contributed by atoms with Crippen molar-refractivity contribution in [3.8, 4) is 5.75 Å². The number of primary amides is 1. The van der Waals surface area contributed by atoms with Crippen molar-refractivity contribution in [2.45, 2.75) is 45.1 Å². The van der Waals surface area contributed by atoms with Crippen LogP contribution in [0.3, 0.4) is 0 Å². The second kappa shape index (κ2) is 7.75. The first kappa shape index (κ1) is 18.7. The Morgan fingerprint density at radius 1 is 1.29 bits per heavy atom. The summed E-state index contributed by atoms with van der Waals surface area (Å²) in [6.45, 7) is 0.242. The molecule has 1 amide bonds. The number of para-hydroxylation sites is 1. The van der Waals surface area contributed by atoms with Crippen molar-refractivity contribution in [3.05, 3.63) is 56.4 Å². The molecular formula is C21H23N3O3S. The monoisotopic (exact) mass is 397 g/mol. The highest BCUT2D eigenvalue weighted by atomic mass is 32.1. The molecular weight excluding hydrogens is 374 g/mol. The zero-order chi connectivity index (χ0) is 19.7. The Morgan fingerprint density at radius 3 is 2.86 bits per heavy atom. The van der Waals surface area contributed by atoms with Crippen LogP contribution in [0.5, 0.6) is 5.75 Å². The molecule has 0 spiro atoms. The number of amides is 1. The summed E-state index contributed by atoms with van der Waals surface area (Å²) in [5, 5.41) is 0.730. The van der Waals surface area contributed by atoms with Gasteiger partial charge in [0.1, 0.15) is 16.4 Å². The van der Waals surface area contributed by atoms with Crippen molar-refractivity contribution in [3.63, 3.8) is 0 Å². The maximum Gasteiger partial charge on any atom is 0.262 e. The Morgan fingerprint density at radius 2 is 2.07 bits per heavy atom. The van der Waals surface area contributed by atoms with Gasteiger partial charge in [0, 0.05) is 29.8 Å². The number of aryl methyl sites for hydroxylation is 2. The van der Waals surface area contributed by atoms with E-state index in [1.165, 1.54) is 4.88 Å². The van der Waals surface area contributed by atoms with Gasteiger partial charge >= 0.3 is 0 Å². The number of nitrogens with zero attached hydrogens (tertiary/aromatic N) is 2. The molecule has 2 heterocycles. The Hall–Kier alpha value is -2.67. The molecule has 1 aliphatic rings. The van der Waals surface area contributed by atoms with Crippen LogP contribution in [0.25, 0.3) is 10.2 Å². The predicted octanol–water partition coefficient (Wildman–Crippen LogP) is 2.81. The van der Waals surface area contributed by atoms with E-state index < -0.39 is 5.91 Å². The summed E-state index contributed by atoms with van der Waals surface area (Å²) in [4.78, 5) is 31.7. The van der Waals surface area contributed by atoms with Crippen molar-refractivity contribution < 1.29 is 9.53 Å². The van der Waals surface area contributed by atoms with Crippen LogP contribution in [-0.2, 0) is 30.6 Å². The Kier molecular flexibility index (Phi) is 5.17. The third-order valence-corrected chi connectivity index (χ3v) is 6.46. The topological polar surface area (TPSA) is 87.2 Å². The predicted molar refractivity (Wildman–Crippen MR) is 110 cm³/mol. The molecule has 0 bridgehead atoms. The Labute approximate surface area is 167 Å². The summed E-state index contributed by atoms with van der Waals surface area (Å²) in [6.07, 6.45) is 4.76. The fourth-order valence-electron chi connectivity index (χ4n) is 3.89. The minimum Gasteiger partial charge on any atom is -0.496 e. The number of fused-ring (bicyclic) bond motifs is 3. The molecule has 2 aromatic heterocycles. The number of nitrogens with two attached hydrogens (primary N) is 1. The third kappa shape index (κ3) is 3.42. The van der Waals surface area contributed by atoms with Gasteiger partial charge in [-0.25, -0.2) is 4.98 Å². The van der Waals surface area contributed by atoms with Gasteiger partial charge < -0.3 is 10.5 Å². The zero-order valence-corrected chi connectivity index (χ0v) is 16.7. The van der Waals surface area contributed by atoms with E-state index >= 15 is 0 Å². The van der Waals surface area contributed by atoms with Crippen LogP contribution in [0.1, 0.15) is 41.1 Å². The molecule has 0 fully saturated rings.